The Kier molecular flexibility index (Phi) is 6.33. The first-order chi connectivity index (χ1) is 14.9. The second-order valence-electron chi connectivity index (χ2n) is 7.36. The predicted octanol–water partition coefficient (Wildman–Crippen LogP) is 2.92. The van der Waals surface area contributed by atoms with Crippen molar-refractivity contribution < 1.29 is 22.8 Å². The standard InChI is InChI=1S/C20H22ClN3O6S/c21-16-12-15(13-18-20(16)30-11-3-10-29-18)14-22-6-8-23(9-7-22)31(27,28)19-5-2-1-4-17(19)24(25)26/h1-2,4-5,12-13H,3,6-11,14H2. The third-order valence-electron chi connectivity index (χ3n) is 5.28. The number of para-hydroxylation sites is 1. The smallest absolute Gasteiger partial charge is 0.289 e. The number of fused-ring (bicyclic) bond motifs is 1. The number of hydrogen-bond donors (Lipinski definition) is 0. The summed E-state index contributed by atoms with van der Waals surface area (Å²) in [6.07, 6.45) is 0.788. The molecule has 4 rings (SSSR count). The number of sulfonamides is 1. The Labute approximate surface area is 185 Å². The summed E-state index contributed by atoms with van der Waals surface area (Å²) in [6, 6.07) is 9.17. The van der Waals surface area contributed by atoms with Gasteiger partial charge in [0, 0.05) is 45.2 Å². The molecule has 0 atom stereocenters. The molecule has 166 valence electrons. The number of ether oxygens (including phenoxy) is 2. The number of halogens is 1. The van der Waals surface area contributed by atoms with Gasteiger partial charge < -0.3 is 9.47 Å². The Bertz CT molecular complexity index is 1090. The summed E-state index contributed by atoms with van der Waals surface area (Å²) in [5, 5.41) is 11.7. The number of piperazine rings is 1. The highest BCUT2D eigenvalue weighted by atomic mass is 35.5. The number of rotatable bonds is 5. The average molecular weight is 468 g/mol. The van der Waals surface area contributed by atoms with Gasteiger partial charge in [0.2, 0.25) is 10.0 Å². The fraction of sp³-hybridized carbons (Fsp3) is 0.400. The van der Waals surface area contributed by atoms with Crippen LogP contribution in [-0.2, 0) is 16.6 Å². The molecule has 0 aromatic heterocycles. The summed E-state index contributed by atoms with van der Waals surface area (Å²) >= 11 is 6.36. The molecule has 2 aliphatic rings. The molecule has 0 aliphatic carbocycles. The minimum absolute atomic E-state index is 0.243. The summed E-state index contributed by atoms with van der Waals surface area (Å²) in [4.78, 5) is 12.4. The van der Waals surface area contributed by atoms with E-state index < -0.39 is 20.6 Å². The van der Waals surface area contributed by atoms with Crippen LogP contribution in [0.3, 0.4) is 0 Å². The van der Waals surface area contributed by atoms with Crippen molar-refractivity contribution in [1.82, 2.24) is 9.21 Å². The van der Waals surface area contributed by atoms with Crippen LogP contribution in [0.15, 0.2) is 41.3 Å². The van der Waals surface area contributed by atoms with E-state index in [1.807, 2.05) is 12.1 Å². The molecule has 0 radical (unpaired) electrons. The van der Waals surface area contributed by atoms with Gasteiger partial charge in [0.05, 0.1) is 23.2 Å². The molecular weight excluding hydrogens is 446 g/mol. The lowest BCUT2D eigenvalue weighted by Gasteiger charge is -2.34. The minimum Gasteiger partial charge on any atom is -0.489 e. The maximum Gasteiger partial charge on any atom is 0.289 e. The van der Waals surface area contributed by atoms with Crippen LogP contribution in [-0.4, -0.2) is 61.9 Å². The van der Waals surface area contributed by atoms with Crippen LogP contribution in [0, 0.1) is 10.1 Å². The highest BCUT2D eigenvalue weighted by Gasteiger charge is 2.33. The molecule has 0 N–H and O–H groups in total. The Hall–Kier alpha value is -2.40. The highest BCUT2D eigenvalue weighted by molar-refractivity contribution is 7.89. The summed E-state index contributed by atoms with van der Waals surface area (Å²) in [5.41, 5.74) is 0.538. The summed E-state index contributed by atoms with van der Waals surface area (Å²) < 4.78 is 38.6. The lowest BCUT2D eigenvalue weighted by Crippen LogP contribution is -2.48. The van der Waals surface area contributed by atoms with E-state index >= 15 is 0 Å². The number of nitrogens with zero attached hydrogens (tertiary/aromatic N) is 3. The molecule has 1 saturated heterocycles. The zero-order chi connectivity index (χ0) is 22.0. The lowest BCUT2D eigenvalue weighted by atomic mass is 10.1. The van der Waals surface area contributed by atoms with Gasteiger partial charge in [-0.05, 0) is 23.8 Å². The second-order valence-corrected chi connectivity index (χ2v) is 9.67. The molecule has 0 amide bonds. The summed E-state index contributed by atoms with van der Waals surface area (Å²) in [5.74, 6) is 1.18. The average Bonchev–Trinajstić information content (AvgIpc) is 3.00. The molecule has 11 heteroatoms. The minimum atomic E-state index is -3.95. The zero-order valence-corrected chi connectivity index (χ0v) is 18.3. The van der Waals surface area contributed by atoms with Gasteiger partial charge in [-0.15, -0.1) is 0 Å². The van der Waals surface area contributed by atoms with Gasteiger partial charge in [-0.25, -0.2) is 8.42 Å². The zero-order valence-electron chi connectivity index (χ0n) is 16.7. The fourth-order valence-electron chi connectivity index (χ4n) is 3.73. The molecule has 31 heavy (non-hydrogen) atoms. The van der Waals surface area contributed by atoms with E-state index in [9.17, 15) is 18.5 Å². The lowest BCUT2D eigenvalue weighted by molar-refractivity contribution is -0.387. The van der Waals surface area contributed by atoms with Gasteiger partial charge in [0.15, 0.2) is 16.4 Å². The first-order valence-corrected chi connectivity index (χ1v) is 11.7. The van der Waals surface area contributed by atoms with Crippen molar-refractivity contribution in [2.75, 3.05) is 39.4 Å². The molecule has 0 saturated carbocycles. The molecule has 9 nitrogen and oxygen atoms in total. The maximum absolute atomic E-state index is 13.0. The number of hydrogen-bond acceptors (Lipinski definition) is 7. The topological polar surface area (TPSA) is 102 Å². The SMILES string of the molecule is O=[N+]([O-])c1ccccc1S(=O)(=O)N1CCN(Cc2cc(Cl)c3c(c2)OCCCO3)CC1. The normalized spacial score (nSPS) is 17.8. The van der Waals surface area contributed by atoms with Gasteiger partial charge in [-0.2, -0.15) is 4.31 Å². The fourth-order valence-corrected chi connectivity index (χ4v) is 5.59. The van der Waals surface area contributed by atoms with Crippen molar-refractivity contribution in [3.05, 3.63) is 57.1 Å². The molecule has 2 aromatic rings. The molecule has 0 spiro atoms. The Morgan fingerprint density at radius 3 is 2.52 bits per heavy atom. The van der Waals surface area contributed by atoms with Crippen LogP contribution in [0.5, 0.6) is 11.5 Å². The number of nitro benzene ring substituents is 1. The van der Waals surface area contributed by atoms with Crippen molar-refractivity contribution in [3.63, 3.8) is 0 Å². The molecule has 2 aliphatic heterocycles. The van der Waals surface area contributed by atoms with Gasteiger partial charge in [-0.3, -0.25) is 15.0 Å². The Morgan fingerprint density at radius 2 is 1.77 bits per heavy atom. The Balaban J connectivity index is 1.44. The van der Waals surface area contributed by atoms with Crippen molar-refractivity contribution in [1.29, 1.82) is 0 Å². The first-order valence-electron chi connectivity index (χ1n) is 9.90. The van der Waals surface area contributed by atoms with Crippen molar-refractivity contribution in [2.45, 2.75) is 17.9 Å². The molecule has 2 heterocycles. The molecule has 0 bridgehead atoms. The van der Waals surface area contributed by atoms with Gasteiger partial charge in [0.25, 0.3) is 5.69 Å². The summed E-state index contributed by atoms with van der Waals surface area (Å²) in [6.45, 7) is 3.17. The van der Waals surface area contributed by atoms with Crippen LogP contribution in [0.25, 0.3) is 0 Å². The third-order valence-corrected chi connectivity index (χ3v) is 7.51. The molecule has 0 unspecified atom stereocenters. The molecule has 1 fully saturated rings. The first kappa shape index (κ1) is 21.8. The highest BCUT2D eigenvalue weighted by Crippen LogP contribution is 2.38. The predicted molar refractivity (Wildman–Crippen MR) is 114 cm³/mol. The van der Waals surface area contributed by atoms with Crippen molar-refractivity contribution in [2.24, 2.45) is 0 Å². The molecule has 2 aromatic carbocycles. The second kappa shape index (κ2) is 8.99. The van der Waals surface area contributed by atoms with E-state index in [0.29, 0.717) is 49.4 Å². The van der Waals surface area contributed by atoms with Gasteiger partial charge in [0.1, 0.15) is 0 Å². The van der Waals surface area contributed by atoms with Gasteiger partial charge >= 0.3 is 0 Å². The van der Waals surface area contributed by atoms with Crippen molar-refractivity contribution in [3.8, 4) is 11.5 Å². The monoisotopic (exact) mass is 467 g/mol. The molecular formula is C20H22ClN3O6S. The van der Waals surface area contributed by atoms with Gasteiger partial charge in [-0.1, -0.05) is 23.7 Å². The van der Waals surface area contributed by atoms with Crippen LogP contribution in [0.4, 0.5) is 5.69 Å². The van der Waals surface area contributed by atoms with Crippen LogP contribution < -0.4 is 9.47 Å². The number of nitro groups is 1. The van der Waals surface area contributed by atoms with E-state index in [1.54, 1.807) is 0 Å². The summed E-state index contributed by atoms with van der Waals surface area (Å²) in [7, 11) is -3.95. The van der Waals surface area contributed by atoms with Crippen LogP contribution in [0.2, 0.25) is 5.02 Å². The van der Waals surface area contributed by atoms with E-state index in [2.05, 4.69) is 4.90 Å². The van der Waals surface area contributed by atoms with Crippen LogP contribution in [0.1, 0.15) is 12.0 Å². The van der Waals surface area contributed by atoms with E-state index in [4.69, 9.17) is 21.1 Å². The Morgan fingerprint density at radius 1 is 1.06 bits per heavy atom. The third kappa shape index (κ3) is 4.62. The largest absolute Gasteiger partial charge is 0.489 e. The van der Waals surface area contributed by atoms with E-state index in [-0.39, 0.29) is 18.0 Å². The maximum atomic E-state index is 13.0. The quantitative estimate of drug-likeness (QED) is 0.492. The van der Waals surface area contributed by atoms with E-state index in [0.717, 1.165) is 12.0 Å². The van der Waals surface area contributed by atoms with Crippen molar-refractivity contribution >= 4 is 27.3 Å². The number of benzene rings is 2. The van der Waals surface area contributed by atoms with E-state index in [1.165, 1.54) is 28.6 Å². The van der Waals surface area contributed by atoms with Crippen LogP contribution >= 0.6 is 11.6 Å².